The molecule has 1 aromatic rings. The molecule has 1 heterocycles. The number of methoxy groups -OCH3 is 1. The molecule has 128 valence electrons. The number of hydrogen-bond acceptors (Lipinski definition) is 6. The molecule has 23 heavy (non-hydrogen) atoms. The van der Waals surface area contributed by atoms with E-state index in [1.54, 1.807) is 6.92 Å². The van der Waals surface area contributed by atoms with Crippen molar-refractivity contribution in [3.63, 3.8) is 0 Å². The van der Waals surface area contributed by atoms with Crippen LogP contribution in [0.4, 0.5) is 13.2 Å². The fourth-order valence-corrected chi connectivity index (χ4v) is 1.53. The van der Waals surface area contributed by atoms with Gasteiger partial charge >= 0.3 is 18.1 Å². The van der Waals surface area contributed by atoms with Crippen LogP contribution in [-0.4, -0.2) is 37.9 Å². The molecule has 0 amide bonds. The third-order valence-electron chi connectivity index (χ3n) is 2.53. The third-order valence-corrected chi connectivity index (χ3v) is 2.53. The van der Waals surface area contributed by atoms with Crippen molar-refractivity contribution >= 4 is 18.5 Å². The Hall–Kier alpha value is -2.29. The Morgan fingerprint density at radius 2 is 2.04 bits per heavy atom. The highest BCUT2D eigenvalue weighted by atomic mass is 19.4. The number of nitrogens with one attached hydrogen (secondary N) is 1. The summed E-state index contributed by atoms with van der Waals surface area (Å²) in [6.45, 7) is 5.21. The smallest absolute Gasteiger partial charge is 0.433 e. The fraction of sp³-hybridized carbons (Fsp3) is 0.429. The zero-order chi connectivity index (χ0) is 17.5. The summed E-state index contributed by atoms with van der Waals surface area (Å²) in [6, 6.07) is 1.98. The largest absolute Gasteiger partial charge is 0.467 e. The van der Waals surface area contributed by atoms with Crippen molar-refractivity contribution in [1.82, 2.24) is 10.3 Å². The molecule has 1 aromatic heterocycles. The van der Waals surface area contributed by atoms with Crippen molar-refractivity contribution in [1.29, 1.82) is 0 Å². The lowest BCUT2D eigenvalue weighted by Gasteiger charge is -2.10. The second-order valence-corrected chi connectivity index (χ2v) is 4.21. The molecule has 1 rings (SSSR count). The average molecular weight is 334 g/mol. The first-order valence-electron chi connectivity index (χ1n) is 6.60. The first-order chi connectivity index (χ1) is 10.8. The molecule has 9 heteroatoms. The highest BCUT2D eigenvalue weighted by Gasteiger charge is 2.32. The molecule has 0 spiro atoms. The van der Waals surface area contributed by atoms with Crippen molar-refractivity contribution in [3.05, 3.63) is 28.4 Å². The zero-order valence-corrected chi connectivity index (χ0v) is 12.7. The zero-order valence-electron chi connectivity index (χ0n) is 12.7. The van der Waals surface area contributed by atoms with Gasteiger partial charge in [-0.2, -0.15) is 13.2 Å². The Balaban J connectivity index is 2.88. The summed E-state index contributed by atoms with van der Waals surface area (Å²) in [5.74, 6) is -0.720. The van der Waals surface area contributed by atoms with E-state index in [0.717, 1.165) is 6.07 Å². The molecular formula is C14H17F3N2O4. The van der Waals surface area contributed by atoms with Gasteiger partial charge in [0, 0.05) is 5.22 Å². The molecule has 0 unspecified atom stereocenters. The maximum absolute atomic E-state index is 12.7. The molecule has 0 radical (unpaired) electrons. The summed E-state index contributed by atoms with van der Waals surface area (Å²) in [5, 5.41) is 2.64. The number of nitrogens with zero attached hydrogens (tertiary/aromatic N) is 1. The van der Waals surface area contributed by atoms with Crippen LogP contribution in [-0.2, 0) is 25.2 Å². The van der Waals surface area contributed by atoms with E-state index in [1.165, 1.54) is 13.2 Å². The summed E-state index contributed by atoms with van der Waals surface area (Å²) in [7, 11) is 1.22. The number of carbonyl (C=O) groups is 1. The van der Waals surface area contributed by atoms with E-state index < -0.39 is 17.8 Å². The third kappa shape index (κ3) is 5.78. The van der Waals surface area contributed by atoms with Crippen LogP contribution < -0.4 is 15.9 Å². The van der Waals surface area contributed by atoms with Crippen LogP contribution in [0.5, 0.6) is 0 Å². The summed E-state index contributed by atoms with van der Waals surface area (Å²) >= 11 is 0. The number of rotatable bonds is 7. The highest BCUT2D eigenvalue weighted by molar-refractivity contribution is 5.71. The van der Waals surface area contributed by atoms with Gasteiger partial charge in [-0.1, -0.05) is 12.6 Å². The summed E-state index contributed by atoms with van der Waals surface area (Å²) in [4.78, 5) is 14.6. The van der Waals surface area contributed by atoms with Gasteiger partial charge in [0.05, 0.1) is 20.3 Å². The maximum atomic E-state index is 12.7. The van der Waals surface area contributed by atoms with E-state index in [1.807, 2.05) is 0 Å². The van der Waals surface area contributed by atoms with Gasteiger partial charge in [0.25, 0.3) is 0 Å². The van der Waals surface area contributed by atoms with Crippen LogP contribution in [0.2, 0.25) is 0 Å². The number of aromatic nitrogens is 1. The van der Waals surface area contributed by atoms with E-state index in [4.69, 9.17) is 9.47 Å². The number of hydrogen-bond donors (Lipinski definition) is 1. The number of alkyl halides is 3. The Labute approximate surface area is 130 Å². The predicted octanol–water partition coefficient (Wildman–Crippen LogP) is 0.350. The Kier molecular flexibility index (Phi) is 6.83. The van der Waals surface area contributed by atoms with E-state index in [9.17, 15) is 18.0 Å². The van der Waals surface area contributed by atoms with E-state index in [-0.39, 0.29) is 36.4 Å². The molecule has 0 aliphatic heterocycles. The normalized spacial score (nSPS) is 12.6. The standard InChI is InChI=1S/C14H17F3N2O4/c1-4-22-11(20)7-18-8-23-13(21-3)12-9(2)5-6-10(19-12)14(15,16)17/h5-6,18H,2,4,7-8H2,1,3H3/b13-12+. The number of pyridine rings is 1. The van der Waals surface area contributed by atoms with Crippen molar-refractivity contribution in [2.45, 2.75) is 13.1 Å². The summed E-state index contributed by atoms with van der Waals surface area (Å²) < 4.78 is 52.8. The van der Waals surface area contributed by atoms with Crippen LogP contribution in [0.15, 0.2) is 12.1 Å². The van der Waals surface area contributed by atoms with Gasteiger partial charge in [-0.3, -0.25) is 10.1 Å². The molecule has 0 bridgehead atoms. The summed E-state index contributed by atoms with van der Waals surface area (Å²) in [6.07, 6.45) is -4.59. The van der Waals surface area contributed by atoms with Crippen molar-refractivity contribution in [3.8, 4) is 0 Å². The van der Waals surface area contributed by atoms with E-state index in [0.29, 0.717) is 0 Å². The molecule has 0 saturated carbocycles. The molecule has 6 nitrogen and oxygen atoms in total. The Bertz CT molecular complexity index is 646. The topological polar surface area (TPSA) is 69.7 Å². The lowest BCUT2D eigenvalue weighted by Crippen LogP contribution is -2.34. The minimum absolute atomic E-state index is 0.113. The van der Waals surface area contributed by atoms with Gasteiger partial charge < -0.3 is 14.2 Å². The second-order valence-electron chi connectivity index (χ2n) is 4.21. The van der Waals surface area contributed by atoms with Crippen LogP contribution in [0.3, 0.4) is 0 Å². The number of halogens is 3. The van der Waals surface area contributed by atoms with Gasteiger partial charge in [-0.05, 0) is 13.0 Å². The number of ether oxygens (including phenoxy) is 3. The molecule has 1 N–H and O–H groups in total. The first-order valence-corrected chi connectivity index (χ1v) is 6.60. The number of carbonyl (C=O) groups excluding carboxylic acids is 1. The Morgan fingerprint density at radius 1 is 1.35 bits per heavy atom. The van der Waals surface area contributed by atoms with E-state index >= 15 is 0 Å². The highest BCUT2D eigenvalue weighted by Crippen LogP contribution is 2.25. The van der Waals surface area contributed by atoms with Crippen LogP contribution >= 0.6 is 0 Å². The van der Waals surface area contributed by atoms with Gasteiger partial charge in [-0.25, -0.2) is 4.98 Å². The van der Waals surface area contributed by atoms with Crippen LogP contribution in [0.1, 0.15) is 12.6 Å². The predicted molar refractivity (Wildman–Crippen MR) is 75.0 cm³/mol. The maximum Gasteiger partial charge on any atom is 0.433 e. The lowest BCUT2D eigenvalue weighted by atomic mass is 10.3. The van der Waals surface area contributed by atoms with Crippen molar-refractivity contribution < 1.29 is 32.2 Å². The average Bonchev–Trinajstić information content (AvgIpc) is 2.47. The molecule has 0 aliphatic carbocycles. The second kappa shape index (κ2) is 8.37. The van der Waals surface area contributed by atoms with Gasteiger partial charge in [-0.15, -0.1) is 0 Å². The molecular weight excluding hydrogens is 317 g/mol. The monoisotopic (exact) mass is 334 g/mol. The fourth-order valence-electron chi connectivity index (χ4n) is 1.53. The minimum atomic E-state index is -4.59. The lowest BCUT2D eigenvalue weighted by molar-refractivity contribution is -0.142. The first kappa shape index (κ1) is 18.8. The molecule has 0 aliphatic rings. The van der Waals surface area contributed by atoms with Gasteiger partial charge in [0.1, 0.15) is 12.4 Å². The van der Waals surface area contributed by atoms with Crippen LogP contribution in [0, 0.1) is 0 Å². The van der Waals surface area contributed by atoms with E-state index in [2.05, 4.69) is 21.6 Å². The summed E-state index contributed by atoms with van der Waals surface area (Å²) in [5.41, 5.74) is -1.09. The van der Waals surface area contributed by atoms with Gasteiger partial charge in [0.2, 0.25) is 0 Å². The molecule has 0 fully saturated rings. The van der Waals surface area contributed by atoms with Gasteiger partial charge in [0.15, 0.2) is 5.35 Å². The molecule has 0 aromatic carbocycles. The quantitative estimate of drug-likeness (QED) is 0.441. The minimum Gasteiger partial charge on any atom is -0.467 e. The van der Waals surface area contributed by atoms with Crippen LogP contribution in [0.25, 0.3) is 12.5 Å². The SMILES string of the molecule is C=c1ccc(C(F)(F)F)n/c1=C(\OC)OCNCC(=O)OCC. The van der Waals surface area contributed by atoms with Crippen molar-refractivity contribution in [2.24, 2.45) is 0 Å². The Morgan fingerprint density at radius 3 is 2.61 bits per heavy atom. The molecule has 0 atom stereocenters. The van der Waals surface area contributed by atoms with Crippen molar-refractivity contribution in [2.75, 3.05) is 27.0 Å². The molecule has 0 saturated heterocycles. The number of esters is 1.